The highest BCUT2D eigenvalue weighted by Gasteiger charge is 2.31. The second kappa shape index (κ2) is 17.2. The maximum atomic E-state index is 15.9. The molecule has 8 aromatic rings. The van der Waals surface area contributed by atoms with Crippen LogP contribution in [-0.4, -0.2) is 62.4 Å². The van der Waals surface area contributed by atoms with Crippen molar-refractivity contribution in [2.45, 2.75) is 46.6 Å². The second-order valence-corrected chi connectivity index (χ2v) is 17.2. The van der Waals surface area contributed by atoms with Crippen molar-refractivity contribution in [2.24, 2.45) is 0 Å². The van der Waals surface area contributed by atoms with Gasteiger partial charge in [0.05, 0.1) is 41.1 Å². The topological polar surface area (TPSA) is 132 Å². The summed E-state index contributed by atoms with van der Waals surface area (Å²) in [6, 6.07) is 17.8. The number of benzene rings is 5. The van der Waals surface area contributed by atoms with E-state index in [2.05, 4.69) is 20.9 Å². The van der Waals surface area contributed by atoms with E-state index in [9.17, 15) is 22.8 Å². The molecule has 0 saturated carbocycles. The van der Waals surface area contributed by atoms with E-state index in [4.69, 9.17) is 14.5 Å². The molecule has 0 radical (unpaired) electrons. The molecule has 3 aromatic heterocycles. The number of hydrazine groups is 2. The minimum absolute atomic E-state index is 0.00451. The van der Waals surface area contributed by atoms with Crippen molar-refractivity contribution in [3.63, 3.8) is 0 Å². The summed E-state index contributed by atoms with van der Waals surface area (Å²) in [6.07, 6.45) is 1.30. The Labute approximate surface area is 389 Å². The molecule has 2 N–H and O–H groups in total. The first kappa shape index (κ1) is 44.7. The monoisotopic (exact) mass is 945 g/mol. The lowest BCUT2D eigenvalue weighted by molar-refractivity contribution is 0.0925. The molecular weight excluding hydrogens is 905 g/mol. The molecule has 352 valence electrons. The highest BCUT2D eigenvalue weighted by atomic mass is 19.2. The van der Waals surface area contributed by atoms with Crippen molar-refractivity contribution >= 4 is 45.3 Å². The van der Waals surface area contributed by atoms with Crippen molar-refractivity contribution in [3.8, 4) is 39.4 Å². The summed E-state index contributed by atoms with van der Waals surface area (Å²) in [5, 5.41) is 8.01. The lowest BCUT2D eigenvalue weighted by atomic mass is 9.94. The van der Waals surface area contributed by atoms with E-state index in [1.165, 1.54) is 12.3 Å². The van der Waals surface area contributed by atoms with Crippen LogP contribution in [0, 0.1) is 41.8 Å². The molecule has 5 aromatic carbocycles. The number of ether oxygens (including phenoxy) is 2. The fourth-order valence-electron chi connectivity index (χ4n) is 9.15. The molecule has 13 nitrogen and oxygen atoms in total. The van der Waals surface area contributed by atoms with Gasteiger partial charge in [-0.15, -0.1) is 0 Å². The molecule has 2 aliphatic rings. The molecule has 0 spiro atoms. The highest BCUT2D eigenvalue weighted by molar-refractivity contribution is 6.04. The van der Waals surface area contributed by atoms with Crippen LogP contribution in [0.2, 0.25) is 0 Å². The number of fused-ring (bicyclic) bond motifs is 4. The third-order valence-electron chi connectivity index (χ3n) is 12.1. The van der Waals surface area contributed by atoms with Crippen LogP contribution in [0.5, 0.6) is 11.5 Å². The molecule has 2 aliphatic heterocycles. The first-order valence-electron chi connectivity index (χ1n) is 22.0. The number of carbonyl (C=O) groups is 2. The third-order valence-corrected chi connectivity index (χ3v) is 12.1. The fraction of sp³-hybridized carbons (Fsp3) is 0.220. The number of aromatic nitrogens is 5. The maximum absolute atomic E-state index is 15.9. The Kier molecular flexibility index (Phi) is 11.2. The number of carbonyl (C=O) groups excluding carboxylic acids is 2. The van der Waals surface area contributed by atoms with Gasteiger partial charge in [-0.05, 0) is 74.2 Å². The average Bonchev–Trinajstić information content (AvgIpc) is 3.89. The van der Waals surface area contributed by atoms with Crippen molar-refractivity contribution in [1.29, 1.82) is 0 Å². The zero-order chi connectivity index (χ0) is 48.6. The van der Waals surface area contributed by atoms with Gasteiger partial charge in [0.1, 0.15) is 42.0 Å². The summed E-state index contributed by atoms with van der Waals surface area (Å²) in [4.78, 5) is 37.8. The average molecular weight is 946 g/mol. The van der Waals surface area contributed by atoms with Gasteiger partial charge in [-0.25, -0.2) is 41.0 Å². The number of nitrogens with zero attached hydrogens (tertiary/aromatic N) is 7. The number of hydrogen-bond donors (Lipinski definition) is 2. The predicted molar refractivity (Wildman–Crippen MR) is 245 cm³/mol. The number of pyridine rings is 1. The highest BCUT2D eigenvalue weighted by Crippen LogP contribution is 2.44. The van der Waals surface area contributed by atoms with E-state index in [-0.39, 0.29) is 47.2 Å². The van der Waals surface area contributed by atoms with Crippen molar-refractivity contribution < 1.29 is 45.4 Å². The van der Waals surface area contributed by atoms with Gasteiger partial charge >= 0.3 is 5.91 Å². The maximum Gasteiger partial charge on any atom is 0.305 e. The standard InChI is InChI=1S/C50H41F6N9O4/c1-24(2)41-33(23-57-47-42(41)26(5)59-65(47)38-22-29(52)21-35(54)44(38)56)49(66)60-63-14-16-69-46-30(9-8-11-37(46)63)27-17-32(31-19-28(51)20-34(53)43(31)55)45-39(18-27)64(25(3)4)48(58-45)50(67)61-62-13-15-68-40-12-7-6-10-36(40)62/h6-12,17-25H,13-16H2,1-5H3,(H,60,66)(H,61,67). The number of hydrogen-bond acceptors (Lipinski definition) is 9. The molecule has 0 unspecified atom stereocenters. The number of para-hydroxylation sites is 3. The predicted octanol–water partition coefficient (Wildman–Crippen LogP) is 10.0. The smallest absolute Gasteiger partial charge is 0.305 e. The van der Waals surface area contributed by atoms with E-state index in [1.807, 2.05) is 39.8 Å². The Morgan fingerprint density at radius 3 is 2.14 bits per heavy atom. The zero-order valence-electron chi connectivity index (χ0n) is 37.6. The summed E-state index contributed by atoms with van der Waals surface area (Å²) in [7, 11) is 0. The van der Waals surface area contributed by atoms with Crippen molar-refractivity contribution in [2.75, 3.05) is 36.3 Å². The Morgan fingerprint density at radius 1 is 0.710 bits per heavy atom. The Balaban J connectivity index is 1.06. The molecule has 0 aliphatic carbocycles. The largest absolute Gasteiger partial charge is 0.489 e. The molecule has 0 bridgehead atoms. The lowest BCUT2D eigenvalue weighted by Crippen LogP contribution is -2.47. The van der Waals surface area contributed by atoms with Crippen LogP contribution in [-0.2, 0) is 0 Å². The van der Waals surface area contributed by atoms with Crippen LogP contribution < -0.4 is 30.3 Å². The van der Waals surface area contributed by atoms with Crippen molar-refractivity contribution in [3.05, 3.63) is 143 Å². The lowest BCUT2D eigenvalue weighted by Gasteiger charge is -2.32. The number of amides is 2. The zero-order valence-corrected chi connectivity index (χ0v) is 37.6. The Bertz CT molecular complexity index is 3430. The van der Waals surface area contributed by atoms with Crippen LogP contribution >= 0.6 is 0 Å². The number of halogens is 6. The number of anilines is 2. The van der Waals surface area contributed by atoms with Gasteiger partial charge in [0.15, 0.2) is 34.7 Å². The van der Waals surface area contributed by atoms with E-state index in [1.54, 1.807) is 57.9 Å². The van der Waals surface area contributed by atoms with Gasteiger partial charge in [-0.1, -0.05) is 38.1 Å². The fourth-order valence-corrected chi connectivity index (χ4v) is 9.15. The molecule has 19 heteroatoms. The first-order valence-corrected chi connectivity index (χ1v) is 22.0. The number of rotatable bonds is 9. The number of nitrogens with one attached hydrogen (secondary N) is 2. The van der Waals surface area contributed by atoms with E-state index in [0.29, 0.717) is 81.4 Å². The van der Waals surface area contributed by atoms with Gasteiger partial charge in [0.2, 0.25) is 5.82 Å². The van der Waals surface area contributed by atoms with Crippen molar-refractivity contribution in [1.82, 2.24) is 35.2 Å². The van der Waals surface area contributed by atoms with Gasteiger partial charge in [-0.2, -0.15) is 5.10 Å². The van der Waals surface area contributed by atoms with E-state index in [0.717, 1.165) is 16.8 Å². The molecule has 0 saturated heterocycles. The van der Waals surface area contributed by atoms with Crippen LogP contribution in [0.3, 0.4) is 0 Å². The molecule has 10 rings (SSSR count). The number of aryl methyl sites for hydroxylation is 1. The Morgan fingerprint density at radius 2 is 1.39 bits per heavy atom. The molecule has 0 fully saturated rings. The van der Waals surface area contributed by atoms with Gasteiger partial charge in [-0.3, -0.25) is 30.5 Å². The molecule has 2 amide bonds. The molecule has 5 heterocycles. The summed E-state index contributed by atoms with van der Waals surface area (Å²) in [5.41, 5.74) is 8.42. The van der Waals surface area contributed by atoms with Gasteiger partial charge in [0, 0.05) is 52.5 Å². The molecular formula is C50H41F6N9O4. The van der Waals surface area contributed by atoms with E-state index >= 15 is 13.2 Å². The normalized spacial score (nSPS) is 13.5. The van der Waals surface area contributed by atoms with Crippen LogP contribution in [0.25, 0.3) is 50.0 Å². The van der Waals surface area contributed by atoms with Gasteiger partial charge in [0.25, 0.3) is 5.91 Å². The minimum Gasteiger partial charge on any atom is -0.489 e. The second-order valence-electron chi connectivity index (χ2n) is 17.2. The van der Waals surface area contributed by atoms with Crippen LogP contribution in [0.15, 0.2) is 85.1 Å². The summed E-state index contributed by atoms with van der Waals surface area (Å²) < 4.78 is 104. The molecule has 0 atom stereocenters. The first-order chi connectivity index (χ1) is 33.1. The minimum atomic E-state index is -1.42. The SMILES string of the molecule is Cc1nn(-c2cc(F)cc(F)c2F)c2ncc(C(=O)NN3CCOc4c(-c5cc(-c6cc(F)cc(F)c6F)c6nc(C(=O)NN7CCOc8ccccc87)n(C(C)C)c6c5)cccc43)c(C(C)C)c12. The number of imidazole rings is 1. The Hall–Kier alpha value is -8.09. The third kappa shape index (κ3) is 7.66. The quantitative estimate of drug-likeness (QED) is 0.107. The van der Waals surface area contributed by atoms with Crippen LogP contribution in [0.4, 0.5) is 37.7 Å². The van der Waals surface area contributed by atoms with E-state index < -0.39 is 64.0 Å². The van der Waals surface area contributed by atoms with Crippen LogP contribution in [0.1, 0.15) is 71.9 Å². The summed E-state index contributed by atoms with van der Waals surface area (Å²) >= 11 is 0. The van der Waals surface area contributed by atoms with Gasteiger partial charge < -0.3 is 14.0 Å². The summed E-state index contributed by atoms with van der Waals surface area (Å²) in [5.74, 6) is -8.16. The molecule has 69 heavy (non-hydrogen) atoms. The summed E-state index contributed by atoms with van der Waals surface area (Å²) in [6.45, 7) is 9.87.